The second kappa shape index (κ2) is 8.73. The zero-order valence-electron chi connectivity index (χ0n) is 13.2. The Morgan fingerprint density at radius 1 is 1.00 bits per heavy atom. The summed E-state index contributed by atoms with van der Waals surface area (Å²) < 4.78 is 5.21. The van der Waals surface area contributed by atoms with Crippen LogP contribution in [0.25, 0.3) is 0 Å². The zero-order chi connectivity index (χ0) is 16.5. The largest absolute Gasteiger partial charge is 0.464 e. The SMILES string of the molecule is CCCOC(=O)[C@@H](Cc1ccccc1)NC(=O)c1ccccc1. The molecule has 0 saturated carbocycles. The monoisotopic (exact) mass is 311 g/mol. The van der Waals surface area contributed by atoms with E-state index in [9.17, 15) is 9.59 Å². The van der Waals surface area contributed by atoms with Crippen molar-refractivity contribution in [1.29, 1.82) is 0 Å². The molecule has 1 atom stereocenters. The molecular formula is C19H21NO3. The van der Waals surface area contributed by atoms with E-state index in [0.717, 1.165) is 12.0 Å². The number of nitrogens with one attached hydrogen (secondary N) is 1. The van der Waals surface area contributed by atoms with Gasteiger partial charge in [-0.1, -0.05) is 55.5 Å². The third-order valence-corrected chi connectivity index (χ3v) is 3.36. The van der Waals surface area contributed by atoms with Gasteiger partial charge in [-0.2, -0.15) is 0 Å². The second-order valence-electron chi connectivity index (χ2n) is 5.25. The minimum absolute atomic E-state index is 0.278. The molecule has 0 saturated heterocycles. The number of carbonyl (C=O) groups is 2. The first-order chi connectivity index (χ1) is 11.2. The van der Waals surface area contributed by atoms with Crippen LogP contribution in [-0.4, -0.2) is 24.5 Å². The van der Waals surface area contributed by atoms with Crippen molar-refractivity contribution in [1.82, 2.24) is 5.32 Å². The highest BCUT2D eigenvalue weighted by atomic mass is 16.5. The third kappa shape index (κ3) is 5.25. The Morgan fingerprint density at radius 3 is 2.22 bits per heavy atom. The number of hydrogen-bond acceptors (Lipinski definition) is 3. The van der Waals surface area contributed by atoms with Gasteiger partial charge in [-0.05, 0) is 24.1 Å². The summed E-state index contributed by atoms with van der Waals surface area (Å²) in [7, 11) is 0. The van der Waals surface area contributed by atoms with E-state index in [1.54, 1.807) is 24.3 Å². The topological polar surface area (TPSA) is 55.4 Å². The molecule has 0 bridgehead atoms. The Hall–Kier alpha value is -2.62. The van der Waals surface area contributed by atoms with Crippen LogP contribution in [0.3, 0.4) is 0 Å². The predicted molar refractivity (Wildman–Crippen MR) is 89.1 cm³/mol. The summed E-state index contributed by atoms with van der Waals surface area (Å²) in [4.78, 5) is 24.5. The first-order valence-corrected chi connectivity index (χ1v) is 7.77. The fourth-order valence-corrected chi connectivity index (χ4v) is 2.18. The van der Waals surface area contributed by atoms with Crippen molar-refractivity contribution in [2.75, 3.05) is 6.61 Å². The van der Waals surface area contributed by atoms with Crippen LogP contribution in [-0.2, 0) is 16.0 Å². The van der Waals surface area contributed by atoms with Gasteiger partial charge in [0.2, 0.25) is 0 Å². The highest BCUT2D eigenvalue weighted by Crippen LogP contribution is 2.07. The maximum absolute atomic E-state index is 12.3. The van der Waals surface area contributed by atoms with E-state index in [1.165, 1.54) is 0 Å². The van der Waals surface area contributed by atoms with Gasteiger partial charge < -0.3 is 10.1 Å². The molecule has 0 aliphatic rings. The first-order valence-electron chi connectivity index (χ1n) is 7.77. The lowest BCUT2D eigenvalue weighted by Gasteiger charge is -2.18. The molecule has 2 rings (SSSR count). The third-order valence-electron chi connectivity index (χ3n) is 3.36. The molecule has 0 aliphatic carbocycles. The number of carbonyl (C=O) groups excluding carboxylic acids is 2. The highest BCUT2D eigenvalue weighted by Gasteiger charge is 2.23. The zero-order valence-corrected chi connectivity index (χ0v) is 13.2. The molecule has 4 nitrogen and oxygen atoms in total. The quantitative estimate of drug-likeness (QED) is 0.800. The van der Waals surface area contributed by atoms with Gasteiger partial charge in [0.15, 0.2) is 0 Å². The normalized spacial score (nSPS) is 11.5. The highest BCUT2D eigenvalue weighted by molar-refractivity contribution is 5.96. The van der Waals surface area contributed by atoms with Crippen molar-refractivity contribution in [3.8, 4) is 0 Å². The average molecular weight is 311 g/mol. The Balaban J connectivity index is 2.09. The molecule has 120 valence electrons. The molecule has 2 aromatic rings. The fourth-order valence-electron chi connectivity index (χ4n) is 2.18. The van der Waals surface area contributed by atoms with E-state index in [0.29, 0.717) is 18.6 Å². The maximum Gasteiger partial charge on any atom is 0.328 e. The van der Waals surface area contributed by atoms with Gasteiger partial charge in [0.25, 0.3) is 5.91 Å². The molecule has 1 amide bonds. The molecule has 0 aromatic heterocycles. The summed E-state index contributed by atoms with van der Waals surface area (Å²) in [6, 6.07) is 17.7. The molecular weight excluding hydrogens is 290 g/mol. The molecule has 0 fully saturated rings. The predicted octanol–water partition coefficient (Wildman–Crippen LogP) is 2.98. The summed E-state index contributed by atoms with van der Waals surface area (Å²) in [5.74, 6) is -0.681. The average Bonchev–Trinajstić information content (AvgIpc) is 2.60. The number of benzene rings is 2. The lowest BCUT2D eigenvalue weighted by molar-refractivity contribution is -0.145. The molecule has 2 aromatic carbocycles. The lowest BCUT2D eigenvalue weighted by atomic mass is 10.1. The van der Waals surface area contributed by atoms with Crippen molar-refractivity contribution in [3.05, 3.63) is 71.8 Å². The van der Waals surface area contributed by atoms with Gasteiger partial charge in [0.05, 0.1) is 6.61 Å². The van der Waals surface area contributed by atoms with E-state index in [2.05, 4.69) is 5.32 Å². The van der Waals surface area contributed by atoms with Crippen LogP contribution in [0.4, 0.5) is 0 Å². The van der Waals surface area contributed by atoms with Gasteiger partial charge in [-0.3, -0.25) is 4.79 Å². The van der Waals surface area contributed by atoms with Crippen LogP contribution in [0.1, 0.15) is 29.3 Å². The van der Waals surface area contributed by atoms with Crippen molar-refractivity contribution >= 4 is 11.9 Å². The van der Waals surface area contributed by atoms with Gasteiger partial charge in [-0.15, -0.1) is 0 Å². The van der Waals surface area contributed by atoms with Crippen molar-refractivity contribution in [2.24, 2.45) is 0 Å². The van der Waals surface area contributed by atoms with Crippen LogP contribution in [0.15, 0.2) is 60.7 Å². The summed E-state index contributed by atoms with van der Waals surface area (Å²) >= 11 is 0. The van der Waals surface area contributed by atoms with Crippen LogP contribution >= 0.6 is 0 Å². The van der Waals surface area contributed by atoms with Crippen LogP contribution < -0.4 is 5.32 Å². The smallest absolute Gasteiger partial charge is 0.328 e. The Labute approximate surface area is 136 Å². The van der Waals surface area contributed by atoms with Crippen molar-refractivity contribution < 1.29 is 14.3 Å². The maximum atomic E-state index is 12.3. The molecule has 0 aliphatic heterocycles. The first kappa shape index (κ1) is 16.7. The number of amides is 1. The molecule has 4 heteroatoms. The molecule has 23 heavy (non-hydrogen) atoms. The Kier molecular flexibility index (Phi) is 6.36. The lowest BCUT2D eigenvalue weighted by Crippen LogP contribution is -2.43. The standard InChI is InChI=1S/C19H21NO3/c1-2-13-23-19(22)17(14-15-9-5-3-6-10-15)20-18(21)16-11-7-4-8-12-16/h3-12,17H,2,13-14H2,1H3,(H,20,21)/t17-/m1/s1. The molecule has 1 N–H and O–H groups in total. The minimum Gasteiger partial charge on any atom is -0.464 e. The summed E-state index contributed by atoms with van der Waals surface area (Å²) in [6.45, 7) is 2.29. The molecule has 0 radical (unpaired) electrons. The van der Waals surface area contributed by atoms with E-state index in [4.69, 9.17) is 4.74 Å². The number of ether oxygens (including phenoxy) is 1. The summed E-state index contributed by atoms with van der Waals surface area (Å²) in [5.41, 5.74) is 1.49. The van der Waals surface area contributed by atoms with Gasteiger partial charge in [0, 0.05) is 12.0 Å². The number of esters is 1. The Morgan fingerprint density at radius 2 is 1.61 bits per heavy atom. The van der Waals surface area contributed by atoms with Crippen molar-refractivity contribution in [3.63, 3.8) is 0 Å². The van der Waals surface area contributed by atoms with Gasteiger partial charge in [-0.25, -0.2) is 4.79 Å². The van der Waals surface area contributed by atoms with Crippen LogP contribution in [0, 0.1) is 0 Å². The fraction of sp³-hybridized carbons (Fsp3) is 0.263. The van der Waals surface area contributed by atoms with Crippen molar-refractivity contribution in [2.45, 2.75) is 25.8 Å². The van der Waals surface area contributed by atoms with Gasteiger partial charge >= 0.3 is 5.97 Å². The second-order valence-corrected chi connectivity index (χ2v) is 5.25. The van der Waals surface area contributed by atoms with Gasteiger partial charge in [0.1, 0.15) is 6.04 Å². The van der Waals surface area contributed by atoms with E-state index >= 15 is 0 Å². The van der Waals surface area contributed by atoms with E-state index in [1.807, 2.05) is 43.3 Å². The number of rotatable bonds is 7. The van der Waals surface area contributed by atoms with Crippen LogP contribution in [0.2, 0.25) is 0 Å². The molecule has 0 spiro atoms. The Bertz CT molecular complexity index is 626. The van der Waals surface area contributed by atoms with E-state index in [-0.39, 0.29) is 5.91 Å². The summed E-state index contributed by atoms with van der Waals surface area (Å²) in [6.07, 6.45) is 1.15. The summed E-state index contributed by atoms with van der Waals surface area (Å²) in [5, 5.41) is 2.78. The molecule has 0 unspecified atom stereocenters. The molecule has 0 heterocycles. The minimum atomic E-state index is -0.698. The van der Waals surface area contributed by atoms with Crippen LogP contribution in [0.5, 0.6) is 0 Å². The van der Waals surface area contributed by atoms with E-state index < -0.39 is 12.0 Å². The number of hydrogen-bond donors (Lipinski definition) is 1.